The van der Waals surface area contributed by atoms with Crippen LogP contribution in [0.1, 0.15) is 38.1 Å². The number of nitro benzene ring substituents is 1. The molecular formula is C14H21N3O6S. The molecule has 10 heteroatoms. The Morgan fingerprint density at radius 2 is 2.00 bits per heavy atom. The Kier molecular flexibility index (Phi) is 6.04. The van der Waals surface area contributed by atoms with E-state index in [1.54, 1.807) is 27.7 Å². The summed E-state index contributed by atoms with van der Waals surface area (Å²) in [5, 5.41) is 11.2. The average molecular weight is 359 g/mol. The molecule has 0 saturated carbocycles. The highest BCUT2D eigenvalue weighted by Crippen LogP contribution is 2.28. The van der Waals surface area contributed by atoms with E-state index >= 15 is 0 Å². The first-order valence-electron chi connectivity index (χ1n) is 7.13. The van der Waals surface area contributed by atoms with Crippen LogP contribution in [-0.2, 0) is 14.8 Å². The highest BCUT2D eigenvalue weighted by Gasteiger charge is 2.34. The zero-order valence-electron chi connectivity index (χ0n) is 13.9. The number of nitrogens with zero attached hydrogens (tertiary/aromatic N) is 1. The van der Waals surface area contributed by atoms with E-state index in [0.717, 1.165) is 12.1 Å². The fraction of sp³-hybridized carbons (Fsp3) is 0.500. The maximum atomic E-state index is 12.6. The number of carbonyl (C=O) groups is 1. The van der Waals surface area contributed by atoms with E-state index in [4.69, 9.17) is 10.5 Å². The summed E-state index contributed by atoms with van der Waals surface area (Å²) < 4.78 is 32.5. The van der Waals surface area contributed by atoms with Gasteiger partial charge in [0.05, 0.1) is 11.0 Å². The predicted octanol–water partition coefficient (Wildman–Crippen LogP) is 1.18. The van der Waals surface area contributed by atoms with Gasteiger partial charge in [-0.05, 0) is 33.8 Å². The number of benzene rings is 1. The maximum Gasteiger partial charge on any atom is 0.346 e. The molecule has 0 radical (unpaired) electrons. The summed E-state index contributed by atoms with van der Waals surface area (Å²) in [5.74, 6) is -1.08. The lowest BCUT2D eigenvalue weighted by Gasteiger charge is -2.24. The minimum absolute atomic E-state index is 0.00701. The van der Waals surface area contributed by atoms with Crippen molar-refractivity contribution in [3.63, 3.8) is 0 Å². The van der Waals surface area contributed by atoms with Crippen LogP contribution >= 0.6 is 0 Å². The second-order valence-electron chi connectivity index (χ2n) is 6.05. The molecule has 0 aliphatic carbocycles. The molecule has 0 aliphatic rings. The van der Waals surface area contributed by atoms with Crippen molar-refractivity contribution in [1.29, 1.82) is 0 Å². The van der Waals surface area contributed by atoms with E-state index in [1.807, 2.05) is 0 Å². The van der Waals surface area contributed by atoms with Gasteiger partial charge >= 0.3 is 5.97 Å². The number of sulfonamides is 1. The highest BCUT2D eigenvalue weighted by molar-refractivity contribution is 7.89. The minimum Gasteiger partial charge on any atom is -0.459 e. The van der Waals surface area contributed by atoms with Gasteiger partial charge in [-0.25, -0.2) is 17.9 Å². The van der Waals surface area contributed by atoms with Crippen LogP contribution in [0.2, 0.25) is 0 Å². The Morgan fingerprint density at radius 1 is 1.42 bits per heavy atom. The fourth-order valence-electron chi connectivity index (χ4n) is 1.83. The third-order valence-electron chi connectivity index (χ3n) is 2.96. The van der Waals surface area contributed by atoms with Crippen LogP contribution < -0.4 is 10.5 Å². The summed E-state index contributed by atoms with van der Waals surface area (Å²) in [6.07, 6.45) is -0.568. The van der Waals surface area contributed by atoms with Gasteiger partial charge in [0.2, 0.25) is 10.0 Å². The molecule has 3 N–H and O–H groups in total. The molecule has 134 valence electrons. The van der Waals surface area contributed by atoms with Gasteiger partial charge in [0, 0.05) is 18.2 Å². The molecule has 9 nitrogen and oxygen atoms in total. The number of nitro groups is 1. The van der Waals surface area contributed by atoms with Crippen LogP contribution in [0.4, 0.5) is 5.69 Å². The summed E-state index contributed by atoms with van der Waals surface area (Å²) in [7, 11) is -4.23. The first kappa shape index (κ1) is 20.0. The van der Waals surface area contributed by atoms with Crippen molar-refractivity contribution in [3.8, 4) is 0 Å². The van der Waals surface area contributed by atoms with Crippen molar-refractivity contribution in [2.24, 2.45) is 5.73 Å². The Labute approximate surface area is 140 Å². The van der Waals surface area contributed by atoms with Gasteiger partial charge < -0.3 is 10.5 Å². The molecule has 0 aromatic heterocycles. The molecule has 24 heavy (non-hydrogen) atoms. The van der Waals surface area contributed by atoms with E-state index < -0.39 is 48.7 Å². The molecule has 0 bridgehead atoms. The molecule has 0 spiro atoms. The number of esters is 1. The zero-order chi connectivity index (χ0) is 18.7. The molecule has 0 unspecified atom stereocenters. The predicted molar refractivity (Wildman–Crippen MR) is 87.1 cm³/mol. The van der Waals surface area contributed by atoms with E-state index in [0.29, 0.717) is 0 Å². The van der Waals surface area contributed by atoms with Gasteiger partial charge in [-0.3, -0.25) is 10.1 Å². The van der Waals surface area contributed by atoms with Crippen LogP contribution in [0, 0.1) is 10.1 Å². The fourth-order valence-corrected chi connectivity index (χ4v) is 3.47. The molecular weight excluding hydrogens is 338 g/mol. The summed E-state index contributed by atoms with van der Waals surface area (Å²) >= 11 is 0. The summed E-state index contributed by atoms with van der Waals surface area (Å²) in [6, 6.07) is 3.34. The molecule has 0 heterocycles. The highest BCUT2D eigenvalue weighted by atomic mass is 32.2. The number of hydrogen-bond donors (Lipinski definition) is 2. The first-order chi connectivity index (χ1) is 10.9. The normalized spacial score (nSPS) is 12.2. The molecule has 0 fully saturated rings. The van der Waals surface area contributed by atoms with Gasteiger partial charge in [-0.15, -0.1) is 0 Å². The lowest BCUT2D eigenvalue weighted by molar-refractivity contribution is -0.385. The summed E-state index contributed by atoms with van der Waals surface area (Å²) in [4.78, 5) is 22.1. The zero-order valence-corrected chi connectivity index (χ0v) is 14.7. The number of nitrogens with two attached hydrogens (primary N) is 1. The van der Waals surface area contributed by atoms with E-state index in [9.17, 15) is 23.3 Å². The number of ether oxygens (including phenoxy) is 1. The number of nitrogens with one attached hydrogen (secondary N) is 1. The van der Waals surface area contributed by atoms with Gasteiger partial charge in [0.15, 0.2) is 5.56 Å². The monoisotopic (exact) mass is 359 g/mol. The number of rotatable bonds is 7. The standard InChI is InChI=1S/C14H21N3O6S/c1-9(2)23-13(18)12-10(17(19)20)6-5-7-11(12)24(21,22)16-14(3,4)8-15/h5-7,9,16H,8,15H2,1-4H3. The van der Waals surface area contributed by atoms with Crippen molar-refractivity contribution in [2.45, 2.75) is 44.2 Å². The lowest BCUT2D eigenvalue weighted by Crippen LogP contribution is -2.49. The molecule has 1 aromatic carbocycles. The summed E-state index contributed by atoms with van der Waals surface area (Å²) in [5.41, 5.74) is 3.25. The van der Waals surface area contributed by atoms with Gasteiger partial charge in [0.1, 0.15) is 4.90 Å². The minimum atomic E-state index is -4.23. The Morgan fingerprint density at radius 3 is 2.46 bits per heavy atom. The van der Waals surface area contributed by atoms with E-state index in [1.165, 1.54) is 6.07 Å². The SMILES string of the molecule is CC(C)OC(=O)c1c([N+](=O)[O-])cccc1S(=O)(=O)NC(C)(C)CN. The molecule has 0 aliphatic heterocycles. The van der Waals surface area contributed by atoms with Crippen molar-refractivity contribution in [3.05, 3.63) is 33.9 Å². The van der Waals surface area contributed by atoms with E-state index in [2.05, 4.69) is 4.72 Å². The topological polar surface area (TPSA) is 142 Å². The first-order valence-corrected chi connectivity index (χ1v) is 8.62. The summed E-state index contributed by atoms with van der Waals surface area (Å²) in [6.45, 7) is 6.20. The van der Waals surface area contributed by atoms with Crippen LogP contribution in [0.25, 0.3) is 0 Å². The Bertz CT molecular complexity index is 743. The largest absolute Gasteiger partial charge is 0.459 e. The van der Waals surface area contributed by atoms with Crippen LogP contribution in [0.3, 0.4) is 0 Å². The van der Waals surface area contributed by atoms with Crippen molar-refractivity contribution >= 4 is 21.7 Å². The second-order valence-corrected chi connectivity index (χ2v) is 7.71. The third kappa shape index (κ3) is 4.73. The van der Waals surface area contributed by atoms with Gasteiger partial charge in [-0.2, -0.15) is 0 Å². The second kappa shape index (κ2) is 7.24. The van der Waals surface area contributed by atoms with Gasteiger partial charge in [0.25, 0.3) is 5.69 Å². The Hall–Kier alpha value is -2.04. The molecule has 1 rings (SSSR count). The van der Waals surface area contributed by atoms with E-state index in [-0.39, 0.29) is 6.54 Å². The maximum absolute atomic E-state index is 12.6. The van der Waals surface area contributed by atoms with Crippen molar-refractivity contribution in [2.75, 3.05) is 6.54 Å². The molecule has 0 saturated heterocycles. The van der Waals surface area contributed by atoms with Crippen LogP contribution in [0.5, 0.6) is 0 Å². The van der Waals surface area contributed by atoms with Crippen LogP contribution in [0.15, 0.2) is 23.1 Å². The third-order valence-corrected chi connectivity index (χ3v) is 4.70. The molecule has 0 atom stereocenters. The van der Waals surface area contributed by atoms with Crippen LogP contribution in [-0.4, -0.2) is 37.5 Å². The lowest BCUT2D eigenvalue weighted by atomic mass is 10.1. The number of carbonyl (C=O) groups excluding carboxylic acids is 1. The molecule has 0 amide bonds. The quantitative estimate of drug-likeness (QED) is 0.423. The average Bonchev–Trinajstić information content (AvgIpc) is 2.44. The van der Waals surface area contributed by atoms with Gasteiger partial charge in [-0.1, -0.05) is 6.07 Å². The van der Waals surface area contributed by atoms with Crippen molar-refractivity contribution in [1.82, 2.24) is 4.72 Å². The Balaban J connectivity index is 3.56. The number of hydrogen-bond acceptors (Lipinski definition) is 7. The molecule has 1 aromatic rings. The smallest absolute Gasteiger partial charge is 0.346 e. The van der Waals surface area contributed by atoms with Crippen molar-refractivity contribution < 1.29 is 22.9 Å².